The van der Waals surface area contributed by atoms with Crippen LogP contribution in [0.5, 0.6) is 11.5 Å². The molecule has 1 saturated carbocycles. The molecule has 0 spiro atoms. The molecule has 0 atom stereocenters. The van der Waals surface area contributed by atoms with Gasteiger partial charge in [-0.25, -0.2) is 9.18 Å². The van der Waals surface area contributed by atoms with Gasteiger partial charge in [-0.05, 0) is 37.8 Å². The van der Waals surface area contributed by atoms with Crippen LogP contribution in [0.4, 0.5) is 4.39 Å². The van der Waals surface area contributed by atoms with Crippen molar-refractivity contribution in [2.45, 2.75) is 44.6 Å². The van der Waals surface area contributed by atoms with Crippen LogP contribution in [0.1, 0.15) is 48.2 Å². The fourth-order valence-corrected chi connectivity index (χ4v) is 4.00. The van der Waals surface area contributed by atoms with Gasteiger partial charge >= 0.3 is 5.97 Å². The van der Waals surface area contributed by atoms with Crippen LogP contribution in [0.3, 0.4) is 0 Å². The van der Waals surface area contributed by atoms with E-state index in [1.54, 1.807) is 0 Å². The first kappa shape index (κ1) is 16.1. The van der Waals surface area contributed by atoms with Crippen molar-refractivity contribution in [3.05, 3.63) is 22.8 Å². The van der Waals surface area contributed by atoms with Gasteiger partial charge in [0.2, 0.25) is 0 Å². The van der Waals surface area contributed by atoms with Gasteiger partial charge in [0.05, 0.1) is 13.2 Å². The van der Waals surface area contributed by atoms with E-state index in [0.717, 1.165) is 37.0 Å². The monoisotopic (exact) mass is 338 g/mol. The zero-order valence-electron chi connectivity index (χ0n) is 12.9. The first-order valence-corrected chi connectivity index (χ1v) is 8.61. The van der Waals surface area contributed by atoms with Crippen LogP contribution in [0.15, 0.2) is 12.1 Å². The quantitative estimate of drug-likeness (QED) is 0.810. The van der Waals surface area contributed by atoms with Crippen LogP contribution in [0, 0.1) is 5.82 Å². The van der Waals surface area contributed by atoms with Gasteiger partial charge in [0.25, 0.3) is 0 Å². The van der Waals surface area contributed by atoms with Crippen LogP contribution < -0.4 is 9.47 Å². The Morgan fingerprint density at radius 1 is 1.26 bits per heavy atom. The first-order valence-electron chi connectivity index (χ1n) is 7.80. The van der Waals surface area contributed by atoms with Gasteiger partial charge in [0.1, 0.15) is 0 Å². The van der Waals surface area contributed by atoms with Crippen LogP contribution in [0.25, 0.3) is 10.1 Å². The highest BCUT2D eigenvalue weighted by atomic mass is 32.1. The summed E-state index contributed by atoms with van der Waals surface area (Å²) in [4.78, 5) is 11.7. The summed E-state index contributed by atoms with van der Waals surface area (Å²) in [5.74, 6) is -1.10. The topological polar surface area (TPSA) is 55.8 Å². The fraction of sp³-hybridized carbons (Fsp3) is 0.471. The number of benzene rings is 1. The molecule has 0 unspecified atom stereocenters. The fourth-order valence-electron chi connectivity index (χ4n) is 3.02. The SMILES string of the molecule is COc1cc2c(OC3CCCCCC3)c(C(=O)O)sc2cc1F. The van der Waals surface area contributed by atoms with Crippen molar-refractivity contribution >= 4 is 27.4 Å². The molecule has 6 heteroatoms. The van der Waals surface area contributed by atoms with E-state index < -0.39 is 11.8 Å². The molecule has 1 aliphatic carbocycles. The molecule has 4 nitrogen and oxygen atoms in total. The second-order valence-corrected chi connectivity index (χ2v) is 6.83. The Bertz CT molecular complexity index is 717. The molecular weight excluding hydrogens is 319 g/mol. The van der Waals surface area contributed by atoms with E-state index in [9.17, 15) is 14.3 Å². The van der Waals surface area contributed by atoms with Crippen LogP contribution in [-0.2, 0) is 0 Å². The van der Waals surface area contributed by atoms with E-state index in [1.807, 2.05) is 0 Å². The number of hydrogen-bond acceptors (Lipinski definition) is 4. The van der Waals surface area contributed by atoms with Crippen molar-refractivity contribution in [1.82, 2.24) is 0 Å². The molecule has 3 rings (SSSR count). The lowest BCUT2D eigenvalue weighted by atomic mass is 10.1. The molecule has 0 bridgehead atoms. The van der Waals surface area contributed by atoms with E-state index in [1.165, 1.54) is 32.1 Å². The maximum Gasteiger partial charge on any atom is 0.349 e. The average Bonchev–Trinajstić information content (AvgIpc) is 2.70. The molecule has 124 valence electrons. The van der Waals surface area contributed by atoms with E-state index in [2.05, 4.69) is 0 Å². The molecule has 0 amide bonds. The Hall–Kier alpha value is -1.82. The second-order valence-electron chi connectivity index (χ2n) is 5.78. The highest BCUT2D eigenvalue weighted by Gasteiger charge is 2.24. The lowest BCUT2D eigenvalue weighted by Gasteiger charge is -2.17. The summed E-state index contributed by atoms with van der Waals surface area (Å²) in [6, 6.07) is 2.84. The maximum absolute atomic E-state index is 13.9. The van der Waals surface area contributed by atoms with Crippen LogP contribution in [-0.4, -0.2) is 24.3 Å². The highest BCUT2D eigenvalue weighted by Crippen LogP contribution is 2.42. The molecular formula is C17H19FO4S. The van der Waals surface area contributed by atoms with Gasteiger partial charge in [-0.15, -0.1) is 11.3 Å². The summed E-state index contributed by atoms with van der Waals surface area (Å²) in [5.41, 5.74) is 0. The van der Waals surface area contributed by atoms with Crippen LogP contribution >= 0.6 is 11.3 Å². The minimum Gasteiger partial charge on any atom is -0.494 e. The summed E-state index contributed by atoms with van der Waals surface area (Å²) in [5, 5.41) is 10.1. The minimum atomic E-state index is -1.05. The summed E-state index contributed by atoms with van der Waals surface area (Å²) < 4.78 is 25.5. The predicted molar refractivity (Wildman–Crippen MR) is 87.4 cm³/mol. The standard InChI is InChI=1S/C17H19FO4S/c1-21-13-8-11-14(9-12(13)18)23-16(17(19)20)15(11)22-10-6-4-2-3-5-7-10/h8-10H,2-7H2,1H3,(H,19,20). The zero-order chi connectivity index (χ0) is 16.4. The van der Waals surface area contributed by atoms with Gasteiger partial charge in [-0.3, -0.25) is 0 Å². The number of carboxylic acids is 1. The lowest BCUT2D eigenvalue weighted by Crippen LogP contribution is -2.16. The van der Waals surface area contributed by atoms with Crippen molar-refractivity contribution in [2.24, 2.45) is 0 Å². The third-order valence-corrected chi connectivity index (χ3v) is 5.32. The van der Waals surface area contributed by atoms with Crippen molar-refractivity contribution < 1.29 is 23.8 Å². The number of thiophene rings is 1. The van der Waals surface area contributed by atoms with Crippen molar-refractivity contribution in [3.63, 3.8) is 0 Å². The maximum atomic E-state index is 13.9. The summed E-state index contributed by atoms with van der Waals surface area (Å²) in [7, 11) is 1.39. The van der Waals surface area contributed by atoms with Gasteiger partial charge < -0.3 is 14.6 Å². The van der Waals surface area contributed by atoms with Gasteiger partial charge in [0, 0.05) is 10.1 Å². The Morgan fingerprint density at radius 3 is 2.57 bits per heavy atom. The third-order valence-electron chi connectivity index (χ3n) is 4.20. The van der Waals surface area contributed by atoms with Gasteiger partial charge in [-0.2, -0.15) is 0 Å². The molecule has 1 heterocycles. The molecule has 0 radical (unpaired) electrons. The van der Waals surface area contributed by atoms with Crippen molar-refractivity contribution in [3.8, 4) is 11.5 Å². The number of carboxylic acid groups (broad SMARTS) is 1. The third kappa shape index (κ3) is 3.27. The first-order chi connectivity index (χ1) is 11.1. The Balaban J connectivity index is 2.04. The molecule has 1 fully saturated rings. The van der Waals surface area contributed by atoms with Crippen molar-refractivity contribution in [1.29, 1.82) is 0 Å². The minimum absolute atomic E-state index is 0.0180. The Labute approximate surface area is 137 Å². The number of carbonyl (C=O) groups is 1. The Kier molecular flexibility index (Phi) is 4.71. The van der Waals surface area contributed by atoms with E-state index in [0.29, 0.717) is 15.8 Å². The van der Waals surface area contributed by atoms with E-state index in [-0.39, 0.29) is 16.7 Å². The predicted octanol–water partition coefficient (Wildman–Crippen LogP) is 4.85. The molecule has 23 heavy (non-hydrogen) atoms. The number of halogens is 1. The molecule has 1 aliphatic rings. The second kappa shape index (κ2) is 6.74. The smallest absolute Gasteiger partial charge is 0.349 e. The number of fused-ring (bicyclic) bond motifs is 1. The normalized spacial score (nSPS) is 16.3. The van der Waals surface area contributed by atoms with Gasteiger partial charge in [-0.1, -0.05) is 12.8 Å². The number of hydrogen-bond donors (Lipinski definition) is 1. The lowest BCUT2D eigenvalue weighted by molar-refractivity contribution is 0.0694. The number of rotatable bonds is 4. The zero-order valence-corrected chi connectivity index (χ0v) is 13.7. The summed E-state index contributed by atoms with van der Waals surface area (Å²) in [6.45, 7) is 0. The molecule has 0 aliphatic heterocycles. The van der Waals surface area contributed by atoms with Gasteiger partial charge in [0.15, 0.2) is 22.2 Å². The van der Waals surface area contributed by atoms with Crippen LogP contribution in [0.2, 0.25) is 0 Å². The number of aromatic carboxylic acids is 1. The summed E-state index contributed by atoms with van der Waals surface area (Å²) in [6.07, 6.45) is 6.43. The van der Waals surface area contributed by atoms with Crippen molar-refractivity contribution in [2.75, 3.05) is 7.11 Å². The summed E-state index contributed by atoms with van der Waals surface area (Å²) >= 11 is 1.04. The number of methoxy groups -OCH3 is 1. The largest absolute Gasteiger partial charge is 0.494 e. The molecule has 1 aromatic carbocycles. The number of ether oxygens (including phenoxy) is 2. The molecule has 2 aromatic rings. The molecule has 1 aromatic heterocycles. The molecule has 0 saturated heterocycles. The highest BCUT2D eigenvalue weighted by molar-refractivity contribution is 7.21. The van der Waals surface area contributed by atoms with E-state index in [4.69, 9.17) is 9.47 Å². The average molecular weight is 338 g/mol. The molecule has 1 N–H and O–H groups in total. The van der Waals surface area contributed by atoms with E-state index >= 15 is 0 Å². The Morgan fingerprint density at radius 2 is 1.96 bits per heavy atom.